The van der Waals surface area contributed by atoms with Gasteiger partial charge in [0.05, 0.1) is 0 Å². The fourth-order valence-electron chi connectivity index (χ4n) is 3.64. The van der Waals surface area contributed by atoms with Crippen LogP contribution in [-0.4, -0.2) is 45.9 Å². The largest absolute Gasteiger partial charge is 0.454 e. The molecule has 1 aromatic carbocycles. The van der Waals surface area contributed by atoms with E-state index in [1.165, 1.54) is 11.9 Å². The Morgan fingerprint density at radius 2 is 2.25 bits per heavy atom. The van der Waals surface area contributed by atoms with Crippen molar-refractivity contribution in [3.05, 3.63) is 35.9 Å². The lowest BCUT2D eigenvalue weighted by molar-refractivity contribution is 0.0539. The van der Waals surface area contributed by atoms with E-state index in [2.05, 4.69) is 28.2 Å². The number of amides is 1. The standard InChI is InChI=1S/C17H20N4O3/c1-17(8-12-3-4-13-14(7-12)24-11-23-13)5-2-6-21(9-17)16(22)15-18-10-19-20-15/h3-4,7,10H,2,5-6,8-9,11H2,1H3,(H,18,19,20)/t17-/m0/s1. The van der Waals surface area contributed by atoms with Gasteiger partial charge in [0, 0.05) is 13.1 Å². The van der Waals surface area contributed by atoms with Crippen LogP contribution in [0.25, 0.3) is 0 Å². The molecule has 1 atom stereocenters. The summed E-state index contributed by atoms with van der Waals surface area (Å²) in [7, 11) is 0. The molecule has 3 heterocycles. The molecule has 4 rings (SSSR count). The van der Waals surface area contributed by atoms with Crippen LogP contribution in [0.1, 0.15) is 35.9 Å². The van der Waals surface area contributed by atoms with E-state index >= 15 is 0 Å². The Bertz CT molecular complexity index is 746. The van der Waals surface area contributed by atoms with Gasteiger partial charge < -0.3 is 14.4 Å². The first kappa shape index (κ1) is 15.0. The number of aromatic amines is 1. The van der Waals surface area contributed by atoms with Gasteiger partial charge in [0.1, 0.15) is 6.33 Å². The van der Waals surface area contributed by atoms with E-state index in [1.807, 2.05) is 17.0 Å². The summed E-state index contributed by atoms with van der Waals surface area (Å²) in [5.41, 5.74) is 1.23. The molecule has 0 aliphatic carbocycles. The second-order valence-electron chi connectivity index (χ2n) is 6.84. The van der Waals surface area contributed by atoms with Crippen LogP contribution < -0.4 is 9.47 Å². The Morgan fingerprint density at radius 3 is 3.08 bits per heavy atom. The Labute approximate surface area is 140 Å². The lowest BCUT2D eigenvalue weighted by atomic mass is 9.77. The SMILES string of the molecule is C[C@@]1(Cc2ccc3c(c2)OCO3)CCCN(C(=O)c2ncn[nH]2)C1. The quantitative estimate of drug-likeness (QED) is 0.932. The molecule has 0 radical (unpaired) electrons. The molecule has 7 nitrogen and oxygen atoms in total. The second kappa shape index (κ2) is 5.81. The van der Waals surface area contributed by atoms with E-state index in [9.17, 15) is 4.79 Å². The number of fused-ring (bicyclic) bond motifs is 1. The van der Waals surface area contributed by atoms with Crippen LogP contribution in [0.3, 0.4) is 0 Å². The number of aromatic nitrogens is 3. The van der Waals surface area contributed by atoms with Crippen LogP contribution in [0.15, 0.2) is 24.5 Å². The predicted molar refractivity (Wildman–Crippen MR) is 85.9 cm³/mol. The summed E-state index contributed by atoms with van der Waals surface area (Å²) in [6.07, 6.45) is 4.33. The molecule has 7 heteroatoms. The number of carbonyl (C=O) groups is 1. The minimum absolute atomic E-state index is 0.0294. The zero-order valence-corrected chi connectivity index (χ0v) is 13.6. The van der Waals surface area contributed by atoms with Gasteiger partial charge in [0.2, 0.25) is 12.6 Å². The number of carbonyl (C=O) groups excluding carboxylic acids is 1. The third-order valence-corrected chi connectivity index (χ3v) is 4.75. The maximum absolute atomic E-state index is 12.5. The lowest BCUT2D eigenvalue weighted by Gasteiger charge is -2.40. The van der Waals surface area contributed by atoms with E-state index in [1.54, 1.807) is 0 Å². The number of nitrogens with one attached hydrogen (secondary N) is 1. The molecule has 1 N–H and O–H groups in total. The Balaban J connectivity index is 1.49. The first-order chi connectivity index (χ1) is 11.6. The summed E-state index contributed by atoms with van der Waals surface area (Å²) < 4.78 is 10.8. The highest BCUT2D eigenvalue weighted by molar-refractivity contribution is 5.90. The number of hydrogen-bond donors (Lipinski definition) is 1. The molecular weight excluding hydrogens is 308 g/mol. The Morgan fingerprint density at radius 1 is 1.38 bits per heavy atom. The van der Waals surface area contributed by atoms with E-state index in [0.29, 0.717) is 12.4 Å². The van der Waals surface area contributed by atoms with Gasteiger partial charge >= 0.3 is 0 Å². The average molecular weight is 328 g/mol. The number of benzene rings is 1. The molecule has 2 aliphatic rings. The number of rotatable bonds is 3. The van der Waals surface area contributed by atoms with Gasteiger partial charge in [0.25, 0.3) is 5.91 Å². The van der Waals surface area contributed by atoms with Crippen molar-refractivity contribution in [2.45, 2.75) is 26.2 Å². The van der Waals surface area contributed by atoms with Gasteiger partial charge in [-0.25, -0.2) is 4.98 Å². The second-order valence-corrected chi connectivity index (χ2v) is 6.84. The number of hydrogen-bond acceptors (Lipinski definition) is 5. The molecule has 0 bridgehead atoms. The number of H-pyrrole nitrogens is 1. The first-order valence-corrected chi connectivity index (χ1v) is 8.16. The molecule has 1 fully saturated rings. The van der Waals surface area contributed by atoms with Crippen molar-refractivity contribution in [1.82, 2.24) is 20.1 Å². The van der Waals surface area contributed by atoms with Crippen LogP contribution in [0.5, 0.6) is 11.5 Å². The van der Waals surface area contributed by atoms with Gasteiger partial charge in [-0.15, -0.1) is 0 Å². The normalized spacial score (nSPS) is 22.6. The van der Waals surface area contributed by atoms with Crippen molar-refractivity contribution < 1.29 is 14.3 Å². The van der Waals surface area contributed by atoms with Crippen molar-refractivity contribution in [3.63, 3.8) is 0 Å². The van der Waals surface area contributed by atoms with Crippen LogP contribution in [-0.2, 0) is 6.42 Å². The maximum atomic E-state index is 12.5. The molecular formula is C17H20N4O3. The molecule has 1 aromatic heterocycles. The van der Waals surface area contributed by atoms with Crippen LogP contribution in [0.2, 0.25) is 0 Å². The highest BCUT2D eigenvalue weighted by Gasteiger charge is 2.34. The Hall–Kier alpha value is -2.57. The third kappa shape index (κ3) is 2.81. The summed E-state index contributed by atoms with van der Waals surface area (Å²) in [5, 5.41) is 6.42. The highest BCUT2D eigenvalue weighted by atomic mass is 16.7. The molecule has 24 heavy (non-hydrogen) atoms. The highest BCUT2D eigenvalue weighted by Crippen LogP contribution is 2.37. The van der Waals surface area contributed by atoms with Crippen molar-refractivity contribution in [2.24, 2.45) is 5.41 Å². The summed E-state index contributed by atoms with van der Waals surface area (Å²) >= 11 is 0. The summed E-state index contributed by atoms with van der Waals surface area (Å²) in [4.78, 5) is 18.4. The van der Waals surface area contributed by atoms with E-state index in [4.69, 9.17) is 9.47 Å². The summed E-state index contributed by atoms with van der Waals surface area (Å²) in [6.45, 7) is 3.99. The number of likely N-dealkylation sites (tertiary alicyclic amines) is 1. The van der Waals surface area contributed by atoms with Crippen LogP contribution >= 0.6 is 0 Å². The molecule has 126 valence electrons. The molecule has 0 unspecified atom stereocenters. The van der Waals surface area contributed by atoms with Gasteiger partial charge in [-0.05, 0) is 42.4 Å². The van der Waals surface area contributed by atoms with Gasteiger partial charge in [-0.1, -0.05) is 13.0 Å². The molecule has 0 saturated carbocycles. The molecule has 0 spiro atoms. The van der Waals surface area contributed by atoms with Crippen molar-refractivity contribution >= 4 is 5.91 Å². The summed E-state index contributed by atoms with van der Waals surface area (Å²) in [6, 6.07) is 6.09. The van der Waals surface area contributed by atoms with Crippen molar-refractivity contribution in [2.75, 3.05) is 19.9 Å². The number of piperidine rings is 1. The first-order valence-electron chi connectivity index (χ1n) is 8.16. The zero-order chi connectivity index (χ0) is 16.6. The van der Waals surface area contributed by atoms with E-state index in [-0.39, 0.29) is 18.1 Å². The minimum Gasteiger partial charge on any atom is -0.454 e. The zero-order valence-electron chi connectivity index (χ0n) is 13.6. The molecule has 1 saturated heterocycles. The third-order valence-electron chi connectivity index (χ3n) is 4.75. The smallest absolute Gasteiger partial charge is 0.291 e. The van der Waals surface area contributed by atoms with Gasteiger partial charge in [-0.2, -0.15) is 5.10 Å². The van der Waals surface area contributed by atoms with E-state index in [0.717, 1.165) is 37.3 Å². The molecule has 2 aromatic rings. The average Bonchev–Trinajstić information content (AvgIpc) is 3.25. The topological polar surface area (TPSA) is 80.3 Å². The van der Waals surface area contributed by atoms with Gasteiger partial charge in [-0.3, -0.25) is 9.89 Å². The monoisotopic (exact) mass is 328 g/mol. The van der Waals surface area contributed by atoms with Crippen molar-refractivity contribution in [1.29, 1.82) is 0 Å². The van der Waals surface area contributed by atoms with Gasteiger partial charge in [0.15, 0.2) is 11.5 Å². The molecule has 1 amide bonds. The number of nitrogens with zero attached hydrogens (tertiary/aromatic N) is 3. The fraction of sp³-hybridized carbons (Fsp3) is 0.471. The van der Waals surface area contributed by atoms with Crippen LogP contribution in [0, 0.1) is 5.41 Å². The van der Waals surface area contributed by atoms with Crippen LogP contribution in [0.4, 0.5) is 0 Å². The fourth-order valence-corrected chi connectivity index (χ4v) is 3.64. The van der Waals surface area contributed by atoms with Crippen molar-refractivity contribution in [3.8, 4) is 11.5 Å². The Kier molecular flexibility index (Phi) is 3.63. The minimum atomic E-state index is -0.0795. The molecule has 2 aliphatic heterocycles. The van der Waals surface area contributed by atoms with E-state index < -0.39 is 0 Å². The number of ether oxygens (including phenoxy) is 2. The maximum Gasteiger partial charge on any atom is 0.291 e. The summed E-state index contributed by atoms with van der Waals surface area (Å²) in [5.74, 6) is 1.84. The lowest BCUT2D eigenvalue weighted by Crippen LogP contribution is -2.46. The predicted octanol–water partition coefficient (Wildman–Crippen LogP) is 2.02.